The molecule has 1 aromatic rings. The number of hydrogen-bond donors (Lipinski definition) is 2. The van der Waals surface area contributed by atoms with Crippen molar-refractivity contribution in [2.75, 3.05) is 11.9 Å². The molecule has 0 bridgehead atoms. The predicted octanol–water partition coefficient (Wildman–Crippen LogP) is 3.06. The van der Waals surface area contributed by atoms with Crippen LogP contribution in [0.2, 0.25) is 5.02 Å². The van der Waals surface area contributed by atoms with Crippen molar-refractivity contribution in [3.05, 3.63) is 29.3 Å². The second kappa shape index (κ2) is 6.99. The number of halogens is 1. The lowest BCUT2D eigenvalue weighted by atomic mass is 10.2. The molecule has 0 saturated heterocycles. The van der Waals surface area contributed by atoms with E-state index in [1.807, 2.05) is 13.8 Å². The Kier molecular flexibility index (Phi) is 5.63. The molecule has 1 atom stereocenters. The van der Waals surface area contributed by atoms with Gasteiger partial charge < -0.3 is 15.3 Å². The number of aliphatic carboxylic acids is 1. The Labute approximate surface area is 117 Å². The zero-order valence-corrected chi connectivity index (χ0v) is 11.6. The molecule has 0 aliphatic heterocycles. The van der Waals surface area contributed by atoms with Crippen molar-refractivity contribution in [3.63, 3.8) is 0 Å². The molecule has 0 radical (unpaired) electrons. The molecule has 19 heavy (non-hydrogen) atoms. The Morgan fingerprint density at radius 3 is 2.42 bits per heavy atom. The zero-order chi connectivity index (χ0) is 14.4. The highest BCUT2D eigenvalue weighted by atomic mass is 35.5. The Morgan fingerprint density at radius 1 is 1.37 bits per heavy atom. The van der Waals surface area contributed by atoms with Gasteiger partial charge in [-0.1, -0.05) is 18.5 Å². The van der Waals surface area contributed by atoms with E-state index in [1.165, 1.54) is 4.90 Å². The van der Waals surface area contributed by atoms with Gasteiger partial charge in [-0.05, 0) is 37.6 Å². The molecule has 0 aromatic heterocycles. The normalized spacial score (nSPS) is 11.7. The lowest BCUT2D eigenvalue weighted by Gasteiger charge is -2.27. The van der Waals surface area contributed by atoms with Crippen LogP contribution in [0.3, 0.4) is 0 Å². The molecule has 0 spiro atoms. The number of carbonyl (C=O) groups excluding carboxylic acids is 1. The predicted molar refractivity (Wildman–Crippen MR) is 74.6 cm³/mol. The highest BCUT2D eigenvalue weighted by Gasteiger charge is 2.21. The van der Waals surface area contributed by atoms with E-state index in [0.717, 1.165) is 0 Å². The van der Waals surface area contributed by atoms with Gasteiger partial charge in [-0.15, -0.1) is 0 Å². The lowest BCUT2D eigenvalue weighted by molar-refractivity contribution is -0.138. The van der Waals surface area contributed by atoms with Crippen molar-refractivity contribution < 1.29 is 14.7 Å². The van der Waals surface area contributed by atoms with Crippen LogP contribution in [-0.2, 0) is 4.79 Å². The molecule has 1 unspecified atom stereocenters. The summed E-state index contributed by atoms with van der Waals surface area (Å²) >= 11 is 5.75. The molecule has 0 heterocycles. The number of carbonyl (C=O) groups is 2. The number of amides is 2. The molecular formula is C13H17ClN2O3. The minimum absolute atomic E-state index is 0.150. The van der Waals surface area contributed by atoms with Gasteiger partial charge in [0.25, 0.3) is 0 Å². The summed E-state index contributed by atoms with van der Waals surface area (Å²) in [6, 6.07) is 6.05. The summed E-state index contributed by atoms with van der Waals surface area (Å²) in [5, 5.41) is 12.1. The minimum Gasteiger partial charge on any atom is -0.480 e. The summed E-state index contributed by atoms with van der Waals surface area (Å²) in [5.41, 5.74) is 0.577. The number of urea groups is 1. The number of rotatable bonds is 5. The molecule has 0 aliphatic rings. The van der Waals surface area contributed by atoms with Gasteiger partial charge in [-0.3, -0.25) is 4.79 Å². The van der Waals surface area contributed by atoms with E-state index in [4.69, 9.17) is 16.7 Å². The van der Waals surface area contributed by atoms with Crippen LogP contribution >= 0.6 is 11.6 Å². The van der Waals surface area contributed by atoms with Crippen molar-refractivity contribution in [1.29, 1.82) is 0 Å². The number of hydrogen-bond acceptors (Lipinski definition) is 2. The maximum atomic E-state index is 12.1. The molecule has 1 aromatic carbocycles. The van der Waals surface area contributed by atoms with Crippen LogP contribution in [0.4, 0.5) is 10.5 Å². The Balaban J connectivity index is 2.76. The van der Waals surface area contributed by atoms with E-state index in [9.17, 15) is 9.59 Å². The van der Waals surface area contributed by atoms with Crippen LogP contribution in [0.1, 0.15) is 20.3 Å². The van der Waals surface area contributed by atoms with Crippen LogP contribution in [0.15, 0.2) is 24.3 Å². The van der Waals surface area contributed by atoms with Gasteiger partial charge in [0.05, 0.1) is 0 Å². The summed E-state index contributed by atoms with van der Waals surface area (Å²) < 4.78 is 0. The summed E-state index contributed by atoms with van der Waals surface area (Å²) in [6.45, 7) is 3.38. The van der Waals surface area contributed by atoms with Gasteiger partial charge in [-0.25, -0.2) is 4.79 Å². The maximum Gasteiger partial charge on any atom is 0.323 e. The lowest BCUT2D eigenvalue weighted by Crippen LogP contribution is -2.44. The topological polar surface area (TPSA) is 69.6 Å². The van der Waals surface area contributed by atoms with Crippen molar-refractivity contribution in [2.45, 2.75) is 26.3 Å². The standard InChI is InChI=1S/C13H17ClN2O3/c1-3-9(2)16(8-12(17)18)13(19)15-11-6-4-10(14)5-7-11/h4-7,9H,3,8H2,1-2H3,(H,15,19)(H,17,18). The SMILES string of the molecule is CCC(C)N(CC(=O)O)C(=O)Nc1ccc(Cl)cc1. The second-order valence-corrected chi connectivity index (χ2v) is 4.65. The number of benzene rings is 1. The first-order valence-corrected chi connectivity index (χ1v) is 6.36. The smallest absolute Gasteiger partial charge is 0.323 e. The van der Waals surface area contributed by atoms with Gasteiger partial charge in [0.15, 0.2) is 0 Å². The molecular weight excluding hydrogens is 268 g/mol. The van der Waals surface area contributed by atoms with Gasteiger partial charge in [0, 0.05) is 16.8 Å². The third kappa shape index (κ3) is 4.79. The van der Waals surface area contributed by atoms with Gasteiger partial charge in [0.2, 0.25) is 0 Å². The Morgan fingerprint density at radius 2 is 1.95 bits per heavy atom. The fourth-order valence-electron chi connectivity index (χ4n) is 1.52. The summed E-state index contributed by atoms with van der Waals surface area (Å²) in [7, 11) is 0. The third-order valence-corrected chi connectivity index (χ3v) is 3.04. The van der Waals surface area contributed by atoms with Crippen molar-refractivity contribution >= 4 is 29.3 Å². The monoisotopic (exact) mass is 284 g/mol. The summed E-state index contributed by atoms with van der Waals surface area (Å²) in [5.74, 6) is -1.04. The van der Waals surface area contributed by atoms with Crippen LogP contribution in [-0.4, -0.2) is 34.6 Å². The quantitative estimate of drug-likeness (QED) is 0.873. The van der Waals surface area contributed by atoms with Crippen molar-refractivity contribution in [3.8, 4) is 0 Å². The van der Waals surface area contributed by atoms with E-state index < -0.39 is 12.0 Å². The van der Waals surface area contributed by atoms with Crippen molar-refractivity contribution in [1.82, 2.24) is 4.90 Å². The number of carboxylic acid groups (broad SMARTS) is 1. The Hall–Kier alpha value is -1.75. The van der Waals surface area contributed by atoms with E-state index in [0.29, 0.717) is 17.1 Å². The molecule has 0 saturated carbocycles. The molecule has 1 rings (SSSR count). The fraction of sp³-hybridized carbons (Fsp3) is 0.385. The first-order valence-electron chi connectivity index (χ1n) is 5.99. The van der Waals surface area contributed by atoms with Gasteiger partial charge >= 0.3 is 12.0 Å². The van der Waals surface area contributed by atoms with Gasteiger partial charge in [0.1, 0.15) is 6.54 Å². The third-order valence-electron chi connectivity index (χ3n) is 2.78. The average Bonchev–Trinajstić information content (AvgIpc) is 2.37. The van der Waals surface area contributed by atoms with E-state index in [-0.39, 0.29) is 12.6 Å². The Bertz CT molecular complexity index is 448. The first-order chi connectivity index (χ1) is 8.93. The average molecular weight is 285 g/mol. The van der Waals surface area contributed by atoms with Crippen LogP contribution in [0.25, 0.3) is 0 Å². The molecule has 0 fully saturated rings. The number of nitrogens with zero attached hydrogens (tertiary/aromatic N) is 1. The number of carboxylic acids is 1. The zero-order valence-electron chi connectivity index (χ0n) is 10.9. The van der Waals surface area contributed by atoms with Crippen molar-refractivity contribution in [2.24, 2.45) is 0 Å². The van der Waals surface area contributed by atoms with Gasteiger partial charge in [-0.2, -0.15) is 0 Å². The molecule has 0 aliphatic carbocycles. The second-order valence-electron chi connectivity index (χ2n) is 4.22. The largest absolute Gasteiger partial charge is 0.480 e. The minimum atomic E-state index is -1.04. The molecule has 2 N–H and O–H groups in total. The van der Waals surface area contributed by atoms with Crippen LogP contribution < -0.4 is 5.32 Å². The van der Waals surface area contributed by atoms with E-state index >= 15 is 0 Å². The van der Waals surface area contributed by atoms with Crippen LogP contribution in [0, 0.1) is 0 Å². The number of nitrogens with one attached hydrogen (secondary N) is 1. The van der Waals surface area contributed by atoms with E-state index in [2.05, 4.69) is 5.32 Å². The maximum absolute atomic E-state index is 12.1. The first kappa shape index (κ1) is 15.3. The molecule has 6 heteroatoms. The highest BCUT2D eigenvalue weighted by molar-refractivity contribution is 6.30. The van der Waals surface area contributed by atoms with E-state index in [1.54, 1.807) is 24.3 Å². The summed E-state index contributed by atoms with van der Waals surface area (Å²) in [6.07, 6.45) is 0.682. The number of anilines is 1. The molecule has 2 amide bonds. The molecule has 5 nitrogen and oxygen atoms in total. The fourth-order valence-corrected chi connectivity index (χ4v) is 1.65. The molecule has 104 valence electrons. The highest BCUT2D eigenvalue weighted by Crippen LogP contribution is 2.14. The van der Waals surface area contributed by atoms with Crippen LogP contribution in [0.5, 0.6) is 0 Å². The summed E-state index contributed by atoms with van der Waals surface area (Å²) in [4.78, 5) is 24.1.